The van der Waals surface area contributed by atoms with E-state index in [0.29, 0.717) is 12.1 Å². The predicted octanol–water partition coefficient (Wildman–Crippen LogP) is 2.31. The SMILES string of the molecule is O=[N+]([O-])c1ccc(CN2CCCC2C2CCCN2)cc1. The highest BCUT2D eigenvalue weighted by Crippen LogP contribution is 2.26. The summed E-state index contributed by atoms with van der Waals surface area (Å²) in [5.74, 6) is 0. The topological polar surface area (TPSA) is 58.4 Å². The summed E-state index contributed by atoms with van der Waals surface area (Å²) in [7, 11) is 0. The van der Waals surface area contributed by atoms with Crippen molar-refractivity contribution in [1.82, 2.24) is 10.2 Å². The normalized spacial score (nSPS) is 27.0. The molecule has 1 N–H and O–H groups in total. The van der Waals surface area contributed by atoms with Gasteiger partial charge in [0.25, 0.3) is 5.69 Å². The van der Waals surface area contributed by atoms with Crippen molar-refractivity contribution in [1.29, 1.82) is 0 Å². The maximum absolute atomic E-state index is 10.7. The number of nitro benzene ring substituents is 1. The zero-order chi connectivity index (χ0) is 13.9. The van der Waals surface area contributed by atoms with E-state index in [-0.39, 0.29) is 10.6 Å². The first kappa shape index (κ1) is 13.5. The van der Waals surface area contributed by atoms with Crippen LogP contribution >= 0.6 is 0 Å². The molecule has 5 nitrogen and oxygen atoms in total. The molecule has 5 heteroatoms. The lowest BCUT2D eigenvalue weighted by Gasteiger charge is -2.29. The molecule has 2 saturated heterocycles. The van der Waals surface area contributed by atoms with E-state index in [1.54, 1.807) is 12.1 Å². The molecule has 2 aliphatic rings. The van der Waals surface area contributed by atoms with Crippen LogP contribution in [0.3, 0.4) is 0 Å². The van der Waals surface area contributed by atoms with Gasteiger partial charge in [-0.05, 0) is 44.3 Å². The molecule has 1 aromatic carbocycles. The summed E-state index contributed by atoms with van der Waals surface area (Å²) < 4.78 is 0. The van der Waals surface area contributed by atoms with E-state index in [2.05, 4.69) is 10.2 Å². The van der Waals surface area contributed by atoms with Gasteiger partial charge in [-0.2, -0.15) is 0 Å². The summed E-state index contributed by atoms with van der Waals surface area (Å²) in [6.45, 7) is 3.19. The van der Waals surface area contributed by atoms with E-state index in [9.17, 15) is 10.1 Å². The number of hydrogen-bond donors (Lipinski definition) is 1. The monoisotopic (exact) mass is 275 g/mol. The number of benzene rings is 1. The average Bonchev–Trinajstić information content (AvgIpc) is 3.09. The fourth-order valence-corrected chi connectivity index (χ4v) is 3.50. The molecule has 0 radical (unpaired) electrons. The molecule has 0 aromatic heterocycles. The largest absolute Gasteiger partial charge is 0.312 e. The smallest absolute Gasteiger partial charge is 0.269 e. The van der Waals surface area contributed by atoms with Gasteiger partial charge in [0.15, 0.2) is 0 Å². The highest BCUT2D eigenvalue weighted by molar-refractivity contribution is 5.32. The van der Waals surface area contributed by atoms with Gasteiger partial charge in [-0.1, -0.05) is 12.1 Å². The zero-order valence-electron chi connectivity index (χ0n) is 11.6. The van der Waals surface area contributed by atoms with Crippen LogP contribution < -0.4 is 5.32 Å². The second kappa shape index (κ2) is 5.89. The van der Waals surface area contributed by atoms with E-state index < -0.39 is 0 Å². The van der Waals surface area contributed by atoms with Crippen LogP contribution in [0.5, 0.6) is 0 Å². The van der Waals surface area contributed by atoms with Gasteiger partial charge in [-0.15, -0.1) is 0 Å². The van der Waals surface area contributed by atoms with Gasteiger partial charge in [0, 0.05) is 30.8 Å². The quantitative estimate of drug-likeness (QED) is 0.676. The Bertz CT molecular complexity index is 469. The first-order chi connectivity index (χ1) is 9.74. The molecule has 2 fully saturated rings. The molecule has 2 heterocycles. The maximum atomic E-state index is 10.7. The van der Waals surface area contributed by atoms with Crippen molar-refractivity contribution in [3.05, 3.63) is 39.9 Å². The van der Waals surface area contributed by atoms with Gasteiger partial charge in [0.1, 0.15) is 0 Å². The number of likely N-dealkylation sites (tertiary alicyclic amines) is 1. The van der Waals surface area contributed by atoms with Gasteiger partial charge in [0.05, 0.1) is 4.92 Å². The van der Waals surface area contributed by atoms with E-state index in [1.165, 1.54) is 31.2 Å². The number of rotatable bonds is 4. The van der Waals surface area contributed by atoms with Crippen molar-refractivity contribution < 1.29 is 4.92 Å². The maximum Gasteiger partial charge on any atom is 0.269 e. The van der Waals surface area contributed by atoms with Crippen LogP contribution in [-0.2, 0) is 6.54 Å². The van der Waals surface area contributed by atoms with Gasteiger partial charge in [-0.3, -0.25) is 15.0 Å². The predicted molar refractivity (Wildman–Crippen MR) is 77.6 cm³/mol. The van der Waals surface area contributed by atoms with Crippen molar-refractivity contribution in [2.45, 2.75) is 44.3 Å². The van der Waals surface area contributed by atoms with Crippen LogP contribution in [0.4, 0.5) is 5.69 Å². The molecular weight excluding hydrogens is 254 g/mol. The summed E-state index contributed by atoms with van der Waals surface area (Å²) >= 11 is 0. The van der Waals surface area contributed by atoms with Gasteiger partial charge < -0.3 is 5.32 Å². The number of nitro groups is 1. The lowest BCUT2D eigenvalue weighted by molar-refractivity contribution is -0.384. The minimum absolute atomic E-state index is 0.171. The molecule has 0 amide bonds. The molecule has 0 aliphatic carbocycles. The van der Waals surface area contributed by atoms with Crippen molar-refractivity contribution >= 4 is 5.69 Å². The third-order valence-corrected chi connectivity index (χ3v) is 4.51. The number of nitrogens with zero attached hydrogens (tertiary/aromatic N) is 2. The fraction of sp³-hybridized carbons (Fsp3) is 0.600. The molecule has 108 valence electrons. The lowest BCUT2D eigenvalue weighted by atomic mass is 10.0. The third-order valence-electron chi connectivity index (χ3n) is 4.51. The zero-order valence-corrected chi connectivity index (χ0v) is 11.6. The average molecular weight is 275 g/mol. The van der Waals surface area contributed by atoms with Crippen LogP contribution in [0.1, 0.15) is 31.2 Å². The second-order valence-electron chi connectivity index (χ2n) is 5.81. The van der Waals surface area contributed by atoms with Crippen molar-refractivity contribution in [2.24, 2.45) is 0 Å². The molecule has 3 rings (SSSR count). The molecule has 2 atom stereocenters. The van der Waals surface area contributed by atoms with Gasteiger partial charge in [-0.25, -0.2) is 0 Å². The molecule has 1 aromatic rings. The van der Waals surface area contributed by atoms with Gasteiger partial charge in [0.2, 0.25) is 0 Å². The van der Waals surface area contributed by atoms with E-state index in [0.717, 1.165) is 19.6 Å². The number of non-ortho nitro benzene ring substituents is 1. The Hall–Kier alpha value is -1.46. The highest BCUT2D eigenvalue weighted by atomic mass is 16.6. The number of hydrogen-bond acceptors (Lipinski definition) is 4. The first-order valence-corrected chi connectivity index (χ1v) is 7.45. The Morgan fingerprint density at radius 1 is 1.25 bits per heavy atom. The third kappa shape index (κ3) is 2.83. The highest BCUT2D eigenvalue weighted by Gasteiger charge is 2.32. The van der Waals surface area contributed by atoms with Crippen LogP contribution in [0, 0.1) is 10.1 Å². The summed E-state index contributed by atoms with van der Waals surface area (Å²) in [6, 6.07) is 8.25. The van der Waals surface area contributed by atoms with Crippen LogP contribution in [0.15, 0.2) is 24.3 Å². The van der Waals surface area contributed by atoms with E-state index >= 15 is 0 Å². The molecule has 0 spiro atoms. The summed E-state index contributed by atoms with van der Waals surface area (Å²) in [6.07, 6.45) is 5.09. The Kier molecular flexibility index (Phi) is 3.98. The van der Waals surface area contributed by atoms with Crippen molar-refractivity contribution in [3.8, 4) is 0 Å². The van der Waals surface area contributed by atoms with Crippen LogP contribution in [0.25, 0.3) is 0 Å². The minimum atomic E-state index is -0.342. The fourth-order valence-electron chi connectivity index (χ4n) is 3.50. The van der Waals surface area contributed by atoms with E-state index in [4.69, 9.17) is 0 Å². The Balaban J connectivity index is 1.65. The Labute approximate surface area is 119 Å². The summed E-state index contributed by atoms with van der Waals surface area (Å²) in [4.78, 5) is 12.9. The lowest BCUT2D eigenvalue weighted by Crippen LogP contribution is -2.43. The molecule has 0 bridgehead atoms. The van der Waals surface area contributed by atoms with Crippen LogP contribution in [-0.4, -0.2) is 35.0 Å². The van der Waals surface area contributed by atoms with Crippen molar-refractivity contribution in [2.75, 3.05) is 13.1 Å². The minimum Gasteiger partial charge on any atom is -0.312 e. The molecule has 2 unspecified atom stereocenters. The molecule has 20 heavy (non-hydrogen) atoms. The Morgan fingerprint density at radius 3 is 2.70 bits per heavy atom. The summed E-state index contributed by atoms with van der Waals surface area (Å²) in [5.41, 5.74) is 1.34. The molecule has 0 saturated carbocycles. The van der Waals surface area contributed by atoms with Crippen LogP contribution in [0.2, 0.25) is 0 Å². The first-order valence-electron chi connectivity index (χ1n) is 7.45. The van der Waals surface area contributed by atoms with Crippen molar-refractivity contribution in [3.63, 3.8) is 0 Å². The number of nitrogens with one attached hydrogen (secondary N) is 1. The van der Waals surface area contributed by atoms with Gasteiger partial charge >= 0.3 is 0 Å². The molecule has 2 aliphatic heterocycles. The second-order valence-corrected chi connectivity index (χ2v) is 5.81. The Morgan fingerprint density at radius 2 is 2.05 bits per heavy atom. The molecular formula is C15H21N3O2. The summed E-state index contributed by atoms with van der Waals surface area (Å²) in [5, 5.41) is 14.3. The standard InChI is InChI=1S/C15H21N3O2/c19-18(20)13-7-5-12(6-8-13)11-17-10-2-4-15(17)14-3-1-9-16-14/h5-8,14-16H,1-4,9-11H2. The van der Waals surface area contributed by atoms with E-state index in [1.807, 2.05) is 12.1 Å².